The molecule has 0 aromatic heterocycles. The van der Waals surface area contributed by atoms with Gasteiger partial charge in [-0.1, -0.05) is 120 Å². The van der Waals surface area contributed by atoms with Crippen LogP contribution in [0.4, 0.5) is 51.2 Å². The second-order valence-electron chi connectivity index (χ2n) is 14.5. The highest BCUT2D eigenvalue weighted by atomic mass is 15.2. The molecule has 0 unspecified atom stereocenters. The third-order valence-electron chi connectivity index (χ3n) is 11.0. The summed E-state index contributed by atoms with van der Waals surface area (Å²) in [4.78, 5) is 7.38. The van der Waals surface area contributed by atoms with Crippen molar-refractivity contribution in [3.63, 3.8) is 0 Å². The highest BCUT2D eigenvalue weighted by Gasteiger charge is 2.43. The van der Waals surface area contributed by atoms with Crippen LogP contribution in [0.25, 0.3) is 10.8 Å². The van der Waals surface area contributed by atoms with Gasteiger partial charge in [-0.25, -0.2) is 0 Å². The zero-order valence-electron chi connectivity index (χ0n) is 30.2. The summed E-state index contributed by atoms with van der Waals surface area (Å²) >= 11 is 0. The lowest BCUT2D eigenvalue weighted by Gasteiger charge is -2.44. The van der Waals surface area contributed by atoms with E-state index in [-0.39, 0.29) is 6.71 Å². The van der Waals surface area contributed by atoms with Crippen LogP contribution in [0.3, 0.4) is 0 Å². The minimum atomic E-state index is 0.0614. The van der Waals surface area contributed by atoms with Crippen molar-refractivity contribution < 1.29 is 0 Å². The van der Waals surface area contributed by atoms with E-state index in [1.54, 1.807) is 0 Å². The Hall–Kier alpha value is -6.52. The van der Waals surface area contributed by atoms with E-state index in [9.17, 15) is 0 Å². The van der Waals surface area contributed by atoms with Crippen LogP contribution in [-0.2, 0) is 0 Å². The maximum Gasteiger partial charge on any atom is 0.252 e. The topological polar surface area (TPSA) is 9.72 Å². The Balaban J connectivity index is 1.25. The molecule has 0 saturated heterocycles. The Kier molecular flexibility index (Phi) is 7.26. The van der Waals surface area contributed by atoms with Gasteiger partial charge in [0.15, 0.2) is 0 Å². The van der Waals surface area contributed by atoms with E-state index in [1.165, 1.54) is 72.3 Å². The largest absolute Gasteiger partial charge is 0.311 e. The van der Waals surface area contributed by atoms with E-state index >= 15 is 0 Å². The fourth-order valence-electron chi connectivity index (χ4n) is 8.53. The summed E-state index contributed by atoms with van der Waals surface area (Å²) in [5.74, 6) is 0. The van der Waals surface area contributed by atoms with Crippen molar-refractivity contribution >= 4 is 85.1 Å². The van der Waals surface area contributed by atoms with E-state index in [0.717, 1.165) is 22.7 Å². The number of rotatable bonds is 5. The molecule has 0 bridgehead atoms. The molecular weight excluding hydrogens is 641 g/mol. The molecule has 0 fully saturated rings. The standard InChI is InChI=1S/C49H38BN3/c1-33-19-24-38(25-20-33)52-45-30-23-35(3)31-43(45)50-42-29-28-40(51(37-13-5-4-6-14-37)44-16-9-12-36-11-7-8-15-41(36)44)32-48(42)53(39-26-21-34(2)22-27-39)47-18-10-17-46(52)49(47)50/h4-32H,1-3H3. The maximum atomic E-state index is 2.49. The van der Waals surface area contributed by atoms with Crippen LogP contribution in [0.5, 0.6) is 0 Å². The molecule has 10 rings (SSSR count). The Morgan fingerprint density at radius 1 is 0.415 bits per heavy atom. The molecule has 0 aliphatic carbocycles. The van der Waals surface area contributed by atoms with E-state index < -0.39 is 0 Å². The predicted octanol–water partition coefficient (Wildman–Crippen LogP) is 11.3. The van der Waals surface area contributed by atoms with Gasteiger partial charge in [-0.2, -0.15) is 0 Å². The van der Waals surface area contributed by atoms with Crippen LogP contribution in [0.1, 0.15) is 16.7 Å². The SMILES string of the molecule is Cc1ccc(N2c3ccc(C)cc3B3c4ccc(N(c5ccccc5)c5cccc6ccccc56)cc4N(c4ccc(C)cc4)c4cccc2c43)cc1. The number of hydrogen-bond acceptors (Lipinski definition) is 3. The van der Waals surface area contributed by atoms with Gasteiger partial charge in [-0.3, -0.25) is 0 Å². The van der Waals surface area contributed by atoms with Crippen molar-refractivity contribution in [1.29, 1.82) is 0 Å². The zero-order chi connectivity index (χ0) is 35.6. The van der Waals surface area contributed by atoms with Gasteiger partial charge in [0.05, 0.1) is 5.69 Å². The van der Waals surface area contributed by atoms with Crippen LogP contribution < -0.4 is 31.1 Å². The lowest BCUT2D eigenvalue weighted by molar-refractivity contribution is 1.23. The Bertz CT molecular complexity index is 2660. The van der Waals surface area contributed by atoms with Gasteiger partial charge in [-0.15, -0.1) is 0 Å². The molecule has 0 amide bonds. The van der Waals surface area contributed by atoms with Gasteiger partial charge in [-0.05, 0) is 115 Å². The minimum absolute atomic E-state index is 0.0614. The molecule has 3 nitrogen and oxygen atoms in total. The van der Waals surface area contributed by atoms with Crippen molar-refractivity contribution in [2.45, 2.75) is 20.8 Å². The van der Waals surface area contributed by atoms with Gasteiger partial charge >= 0.3 is 0 Å². The lowest BCUT2D eigenvalue weighted by atomic mass is 9.33. The fourth-order valence-corrected chi connectivity index (χ4v) is 8.53. The van der Waals surface area contributed by atoms with E-state index in [0.29, 0.717) is 0 Å². The number of anilines is 9. The van der Waals surface area contributed by atoms with E-state index in [2.05, 4.69) is 211 Å². The van der Waals surface area contributed by atoms with E-state index in [4.69, 9.17) is 0 Å². The van der Waals surface area contributed by atoms with Gasteiger partial charge in [0.2, 0.25) is 0 Å². The van der Waals surface area contributed by atoms with Gasteiger partial charge in [0.25, 0.3) is 6.71 Å². The van der Waals surface area contributed by atoms with Crippen LogP contribution in [0.15, 0.2) is 176 Å². The van der Waals surface area contributed by atoms with Gasteiger partial charge < -0.3 is 14.7 Å². The molecule has 0 radical (unpaired) electrons. The molecule has 8 aromatic rings. The Morgan fingerprint density at radius 3 is 1.74 bits per heavy atom. The summed E-state index contributed by atoms with van der Waals surface area (Å²) in [6.07, 6.45) is 0. The van der Waals surface area contributed by atoms with Gasteiger partial charge in [0.1, 0.15) is 0 Å². The number of fused-ring (bicyclic) bond motifs is 5. The molecule has 2 aliphatic heterocycles. The van der Waals surface area contributed by atoms with Crippen LogP contribution in [-0.4, -0.2) is 6.71 Å². The molecule has 53 heavy (non-hydrogen) atoms. The normalized spacial score (nSPS) is 12.7. The van der Waals surface area contributed by atoms with Crippen molar-refractivity contribution in [3.8, 4) is 0 Å². The highest BCUT2D eigenvalue weighted by Crippen LogP contribution is 2.46. The summed E-state index contributed by atoms with van der Waals surface area (Å²) in [5, 5.41) is 2.44. The van der Waals surface area contributed by atoms with Crippen molar-refractivity contribution in [1.82, 2.24) is 0 Å². The first-order chi connectivity index (χ1) is 26.0. The second-order valence-corrected chi connectivity index (χ2v) is 14.5. The molecule has 0 saturated carbocycles. The summed E-state index contributed by atoms with van der Waals surface area (Å²) in [7, 11) is 0. The summed E-state index contributed by atoms with van der Waals surface area (Å²) < 4.78 is 0. The Morgan fingerprint density at radius 2 is 1.02 bits per heavy atom. The Labute approximate surface area is 312 Å². The first-order valence-corrected chi connectivity index (χ1v) is 18.5. The molecule has 8 aromatic carbocycles. The third kappa shape index (κ3) is 5.05. The monoisotopic (exact) mass is 679 g/mol. The van der Waals surface area contributed by atoms with Gasteiger partial charge in [0, 0.05) is 50.9 Å². The fraction of sp³-hybridized carbons (Fsp3) is 0.0612. The van der Waals surface area contributed by atoms with Crippen LogP contribution >= 0.6 is 0 Å². The quantitative estimate of drug-likeness (QED) is 0.168. The molecular formula is C49H38BN3. The molecule has 4 heteroatoms. The smallest absolute Gasteiger partial charge is 0.252 e. The van der Waals surface area contributed by atoms with Crippen molar-refractivity contribution in [2.75, 3.05) is 14.7 Å². The average Bonchev–Trinajstić information content (AvgIpc) is 3.19. The molecule has 0 N–H and O–H groups in total. The predicted molar refractivity (Wildman–Crippen MR) is 227 cm³/mol. The third-order valence-corrected chi connectivity index (χ3v) is 11.0. The van der Waals surface area contributed by atoms with E-state index in [1.807, 2.05) is 0 Å². The molecule has 2 heterocycles. The van der Waals surface area contributed by atoms with Crippen molar-refractivity contribution in [3.05, 3.63) is 193 Å². The molecule has 0 spiro atoms. The molecule has 0 atom stereocenters. The van der Waals surface area contributed by atoms with Crippen molar-refractivity contribution in [2.24, 2.45) is 0 Å². The first-order valence-electron chi connectivity index (χ1n) is 18.5. The van der Waals surface area contributed by atoms with Crippen LogP contribution in [0, 0.1) is 20.8 Å². The van der Waals surface area contributed by atoms with Crippen LogP contribution in [0.2, 0.25) is 0 Å². The number of para-hydroxylation sites is 1. The number of hydrogen-bond donors (Lipinski definition) is 0. The molecule has 2 aliphatic rings. The number of nitrogens with zero attached hydrogens (tertiary/aromatic N) is 3. The number of aryl methyl sites for hydroxylation is 3. The summed E-state index contributed by atoms with van der Waals surface area (Å²) in [6.45, 7) is 6.59. The highest BCUT2D eigenvalue weighted by molar-refractivity contribution is 7.00. The lowest BCUT2D eigenvalue weighted by Crippen LogP contribution is -2.61. The number of benzene rings is 8. The maximum absolute atomic E-state index is 2.49. The second kappa shape index (κ2) is 12.3. The molecule has 252 valence electrons. The zero-order valence-corrected chi connectivity index (χ0v) is 30.2. The minimum Gasteiger partial charge on any atom is -0.311 e. The summed E-state index contributed by atoms with van der Waals surface area (Å²) in [5.41, 5.74) is 18.3. The average molecular weight is 680 g/mol. The first kappa shape index (κ1) is 31.2. The summed E-state index contributed by atoms with van der Waals surface area (Å²) in [6, 6.07) is 65.0.